The van der Waals surface area contributed by atoms with Crippen LogP contribution in [0.4, 0.5) is 4.39 Å². The number of halogens is 1. The number of carbonyl (C=O) groups is 1. The maximum absolute atomic E-state index is 13.0. The average Bonchev–Trinajstić information content (AvgIpc) is 2.50. The fourth-order valence-corrected chi connectivity index (χ4v) is 2.03. The molecule has 0 aromatic heterocycles. The molecule has 0 bridgehead atoms. The highest BCUT2D eigenvalue weighted by Gasteiger charge is 2.22. The van der Waals surface area contributed by atoms with E-state index < -0.39 is 11.9 Å². The third-order valence-corrected chi connectivity index (χ3v) is 3.26. The molecule has 0 fully saturated rings. The minimum atomic E-state index is -0.588. The molecule has 0 saturated carbocycles. The van der Waals surface area contributed by atoms with E-state index in [1.54, 1.807) is 12.1 Å². The first-order valence-corrected chi connectivity index (χ1v) is 6.63. The molecule has 0 radical (unpaired) electrons. The zero-order chi connectivity index (χ0) is 15.2. The number of hydrogen-bond donors (Lipinski definition) is 0. The van der Waals surface area contributed by atoms with Gasteiger partial charge in [0.25, 0.3) is 0 Å². The van der Waals surface area contributed by atoms with Crippen molar-refractivity contribution >= 4 is 5.97 Å². The second-order valence-electron chi connectivity index (χ2n) is 4.70. The lowest BCUT2D eigenvalue weighted by molar-refractivity contribution is -0.143. The molecular weight excluding hydrogens is 271 g/mol. The van der Waals surface area contributed by atoms with Crippen molar-refractivity contribution < 1.29 is 18.7 Å². The average molecular weight is 288 g/mol. The van der Waals surface area contributed by atoms with Gasteiger partial charge < -0.3 is 9.47 Å². The van der Waals surface area contributed by atoms with Crippen molar-refractivity contribution in [2.24, 2.45) is 0 Å². The molecular formula is C17H17FO3. The van der Waals surface area contributed by atoms with Gasteiger partial charge in [0.2, 0.25) is 0 Å². The molecule has 0 aliphatic rings. The molecule has 0 heterocycles. The number of para-hydroxylation sites is 1. The molecule has 2 aromatic rings. The molecule has 2 rings (SSSR count). The van der Waals surface area contributed by atoms with E-state index in [-0.39, 0.29) is 12.4 Å². The predicted octanol–water partition coefficient (Wildman–Crippen LogP) is 3.47. The summed E-state index contributed by atoms with van der Waals surface area (Å²) >= 11 is 0. The van der Waals surface area contributed by atoms with Crippen LogP contribution in [-0.4, -0.2) is 19.7 Å². The van der Waals surface area contributed by atoms with Gasteiger partial charge in [-0.15, -0.1) is 0 Å². The van der Waals surface area contributed by atoms with Crippen LogP contribution in [0.25, 0.3) is 0 Å². The summed E-state index contributed by atoms with van der Waals surface area (Å²) in [6.45, 7) is 2.07. The Morgan fingerprint density at radius 2 is 1.81 bits per heavy atom. The predicted molar refractivity (Wildman–Crippen MR) is 77.8 cm³/mol. The molecule has 0 amide bonds. The van der Waals surface area contributed by atoms with Crippen LogP contribution in [0.15, 0.2) is 48.5 Å². The summed E-state index contributed by atoms with van der Waals surface area (Å²) in [4.78, 5) is 11.9. The second kappa shape index (κ2) is 6.88. The maximum atomic E-state index is 13.0. The number of methoxy groups -OCH3 is 1. The number of rotatable bonds is 5. The van der Waals surface area contributed by atoms with Crippen LogP contribution in [0.3, 0.4) is 0 Å². The molecule has 0 aliphatic carbocycles. The van der Waals surface area contributed by atoms with Crippen LogP contribution >= 0.6 is 0 Å². The van der Waals surface area contributed by atoms with Gasteiger partial charge in [0.05, 0.1) is 7.11 Å². The largest absolute Gasteiger partial charge is 0.492 e. The summed E-state index contributed by atoms with van der Waals surface area (Å²) in [6.07, 6.45) is 0. The van der Waals surface area contributed by atoms with Gasteiger partial charge in [-0.2, -0.15) is 0 Å². The first-order chi connectivity index (χ1) is 10.1. The topological polar surface area (TPSA) is 35.5 Å². The monoisotopic (exact) mass is 288 g/mol. The minimum absolute atomic E-state index is 0.142. The Hall–Kier alpha value is -2.36. The van der Waals surface area contributed by atoms with Crippen molar-refractivity contribution in [3.8, 4) is 5.75 Å². The van der Waals surface area contributed by atoms with Crippen molar-refractivity contribution in [2.75, 3.05) is 13.7 Å². The van der Waals surface area contributed by atoms with Gasteiger partial charge in [-0.3, -0.25) is 4.79 Å². The lowest BCUT2D eigenvalue weighted by Gasteiger charge is -2.17. The van der Waals surface area contributed by atoms with Crippen LogP contribution in [0.2, 0.25) is 0 Å². The molecule has 0 aliphatic heterocycles. The maximum Gasteiger partial charge on any atom is 0.316 e. The van der Waals surface area contributed by atoms with Gasteiger partial charge >= 0.3 is 5.97 Å². The van der Waals surface area contributed by atoms with E-state index in [0.717, 1.165) is 5.56 Å². The van der Waals surface area contributed by atoms with E-state index in [9.17, 15) is 9.18 Å². The van der Waals surface area contributed by atoms with Crippen molar-refractivity contribution in [3.05, 3.63) is 65.5 Å². The van der Waals surface area contributed by atoms with Crippen molar-refractivity contribution in [2.45, 2.75) is 12.8 Å². The third kappa shape index (κ3) is 3.81. The number of esters is 1. The first kappa shape index (κ1) is 15.0. The lowest BCUT2D eigenvalue weighted by atomic mass is 10.00. The Kier molecular flexibility index (Phi) is 4.93. The van der Waals surface area contributed by atoms with Crippen LogP contribution in [0, 0.1) is 12.7 Å². The van der Waals surface area contributed by atoms with Gasteiger partial charge in [-0.05, 0) is 36.2 Å². The normalized spacial score (nSPS) is 11.8. The van der Waals surface area contributed by atoms with E-state index in [4.69, 9.17) is 9.47 Å². The molecule has 2 aromatic carbocycles. The van der Waals surface area contributed by atoms with Crippen LogP contribution in [0.1, 0.15) is 17.0 Å². The van der Waals surface area contributed by atoms with Crippen molar-refractivity contribution in [1.82, 2.24) is 0 Å². The Labute approximate surface area is 123 Å². The van der Waals surface area contributed by atoms with Gasteiger partial charge in [-0.25, -0.2) is 4.39 Å². The van der Waals surface area contributed by atoms with Gasteiger partial charge in [0.1, 0.15) is 24.1 Å². The highest BCUT2D eigenvalue weighted by atomic mass is 19.1. The summed E-state index contributed by atoms with van der Waals surface area (Å²) in [6, 6.07) is 13.3. The molecule has 1 atom stereocenters. The number of carbonyl (C=O) groups excluding carboxylic acids is 1. The molecule has 4 heteroatoms. The molecule has 0 saturated heterocycles. The smallest absolute Gasteiger partial charge is 0.316 e. The van der Waals surface area contributed by atoms with E-state index >= 15 is 0 Å². The minimum Gasteiger partial charge on any atom is -0.492 e. The molecule has 21 heavy (non-hydrogen) atoms. The zero-order valence-corrected chi connectivity index (χ0v) is 12.0. The fourth-order valence-electron chi connectivity index (χ4n) is 2.03. The number of ether oxygens (including phenoxy) is 2. The lowest BCUT2D eigenvalue weighted by Crippen LogP contribution is -2.21. The molecule has 0 spiro atoms. The summed E-state index contributed by atoms with van der Waals surface area (Å²) in [7, 11) is 1.33. The molecule has 1 unspecified atom stereocenters. The van der Waals surface area contributed by atoms with Crippen molar-refractivity contribution in [1.29, 1.82) is 0 Å². The zero-order valence-electron chi connectivity index (χ0n) is 12.0. The summed E-state index contributed by atoms with van der Waals surface area (Å²) < 4.78 is 23.5. The van der Waals surface area contributed by atoms with E-state index in [1.807, 2.05) is 31.2 Å². The van der Waals surface area contributed by atoms with Gasteiger partial charge in [0.15, 0.2) is 0 Å². The number of hydrogen-bond acceptors (Lipinski definition) is 3. The Balaban J connectivity index is 2.16. The third-order valence-electron chi connectivity index (χ3n) is 3.26. The fraction of sp³-hybridized carbons (Fsp3) is 0.235. The van der Waals surface area contributed by atoms with Crippen molar-refractivity contribution in [3.63, 3.8) is 0 Å². The highest BCUT2D eigenvalue weighted by Crippen LogP contribution is 2.22. The van der Waals surface area contributed by atoms with Gasteiger partial charge in [0, 0.05) is 0 Å². The van der Waals surface area contributed by atoms with Crippen LogP contribution < -0.4 is 4.74 Å². The quantitative estimate of drug-likeness (QED) is 0.790. The van der Waals surface area contributed by atoms with E-state index in [2.05, 4.69) is 0 Å². The molecule has 0 N–H and O–H groups in total. The molecule has 3 nitrogen and oxygen atoms in total. The number of benzene rings is 2. The Morgan fingerprint density at radius 3 is 2.43 bits per heavy atom. The second-order valence-corrected chi connectivity index (χ2v) is 4.70. The standard InChI is InChI=1S/C17H17FO3/c1-12-5-3-4-6-16(12)21-11-15(17(19)20-2)13-7-9-14(18)10-8-13/h3-10,15H,11H2,1-2H3. The number of aryl methyl sites for hydroxylation is 1. The molecule has 110 valence electrons. The van der Waals surface area contributed by atoms with E-state index in [1.165, 1.54) is 19.2 Å². The Morgan fingerprint density at radius 1 is 1.14 bits per heavy atom. The van der Waals surface area contributed by atoms with Crippen LogP contribution in [-0.2, 0) is 9.53 Å². The first-order valence-electron chi connectivity index (χ1n) is 6.63. The SMILES string of the molecule is COC(=O)C(COc1ccccc1C)c1ccc(F)cc1. The highest BCUT2D eigenvalue weighted by molar-refractivity contribution is 5.78. The van der Waals surface area contributed by atoms with Gasteiger partial charge in [-0.1, -0.05) is 30.3 Å². The van der Waals surface area contributed by atoms with E-state index in [0.29, 0.717) is 11.3 Å². The Bertz CT molecular complexity index is 608. The summed E-state index contributed by atoms with van der Waals surface area (Å²) in [5.41, 5.74) is 1.65. The summed E-state index contributed by atoms with van der Waals surface area (Å²) in [5.74, 6) is -0.624. The van der Waals surface area contributed by atoms with Crippen LogP contribution in [0.5, 0.6) is 5.75 Å². The summed E-state index contributed by atoms with van der Waals surface area (Å²) in [5, 5.41) is 0.